The van der Waals surface area contributed by atoms with Gasteiger partial charge in [0.2, 0.25) is 0 Å². The van der Waals surface area contributed by atoms with Crippen molar-refractivity contribution in [2.45, 2.75) is 18.7 Å². The van der Waals surface area contributed by atoms with Gasteiger partial charge >= 0.3 is 0 Å². The Hall–Kier alpha value is -1.00. The van der Waals surface area contributed by atoms with Crippen LogP contribution in [0.25, 0.3) is 0 Å². The van der Waals surface area contributed by atoms with Gasteiger partial charge in [-0.1, -0.05) is 4.89 Å². The summed E-state index contributed by atoms with van der Waals surface area (Å²) in [4.78, 5) is 7.12. The van der Waals surface area contributed by atoms with Gasteiger partial charge in [0.25, 0.3) is 10.0 Å². The Morgan fingerprint density at radius 1 is 1.20 bits per heavy atom. The Morgan fingerprint density at radius 2 is 1.85 bits per heavy atom. The molecule has 0 aliphatic heterocycles. The normalized spacial score (nSPS) is 12.0. The van der Waals surface area contributed by atoms with E-state index in [2.05, 4.69) is 9.98 Å². The smallest absolute Gasteiger partial charge is 0.266 e. The molecule has 0 atom stereocenters. The van der Waals surface area contributed by atoms with E-state index in [9.17, 15) is 8.42 Å². The van der Waals surface area contributed by atoms with E-state index >= 15 is 0 Å². The molecule has 0 aromatic carbocycles. The fourth-order valence-electron chi connectivity index (χ4n) is 1.65. The van der Waals surface area contributed by atoms with Gasteiger partial charge in [0.15, 0.2) is 0 Å². The topological polar surface area (TPSA) is 91.7 Å². The molecule has 9 heteroatoms. The summed E-state index contributed by atoms with van der Waals surface area (Å²) in [5.41, 5.74) is 0.979. The van der Waals surface area contributed by atoms with Gasteiger partial charge in [0, 0.05) is 14.2 Å². The Bertz CT molecular complexity index is 526. The first kappa shape index (κ1) is 17.1. The van der Waals surface area contributed by atoms with Crippen molar-refractivity contribution < 1.29 is 22.7 Å². The lowest BCUT2D eigenvalue weighted by molar-refractivity contribution is 0.00988. The first-order valence-corrected chi connectivity index (χ1v) is 7.59. The van der Waals surface area contributed by atoms with Crippen LogP contribution >= 0.6 is 0 Å². The van der Waals surface area contributed by atoms with Gasteiger partial charge in [-0.3, -0.25) is 9.52 Å². The van der Waals surface area contributed by atoms with Gasteiger partial charge in [0.1, 0.15) is 4.90 Å². The second kappa shape index (κ2) is 7.70. The predicted octanol–water partition coefficient (Wildman–Crippen LogP) is -0.0902. The zero-order valence-corrected chi connectivity index (χ0v) is 13.0. The standard InChI is InChI=1S/C11H21N3O5S/c1-9-11(10(2)14(3)12-9)20(15,16)13-19-8-7-18-6-5-17-4/h13H,5-8H2,1-4H3. The van der Waals surface area contributed by atoms with Crippen LogP contribution in [0.2, 0.25) is 0 Å². The van der Waals surface area contributed by atoms with Crippen molar-refractivity contribution in [1.82, 2.24) is 14.7 Å². The number of nitrogens with one attached hydrogen (secondary N) is 1. The molecular weight excluding hydrogens is 286 g/mol. The molecule has 0 spiro atoms. The summed E-state index contributed by atoms with van der Waals surface area (Å²) < 4.78 is 35.6. The monoisotopic (exact) mass is 307 g/mol. The molecule has 0 aliphatic carbocycles. The molecule has 1 rings (SSSR count). The van der Waals surface area contributed by atoms with Crippen LogP contribution in [-0.2, 0) is 31.4 Å². The Labute approximate surface area is 119 Å². The van der Waals surface area contributed by atoms with E-state index in [1.54, 1.807) is 28.0 Å². The average molecular weight is 307 g/mol. The first-order chi connectivity index (χ1) is 9.40. The molecule has 0 fully saturated rings. The maximum Gasteiger partial charge on any atom is 0.266 e. The Balaban J connectivity index is 2.46. The van der Waals surface area contributed by atoms with Gasteiger partial charge in [0.05, 0.1) is 37.8 Å². The summed E-state index contributed by atoms with van der Waals surface area (Å²) in [6.07, 6.45) is 0. The maximum absolute atomic E-state index is 12.1. The van der Waals surface area contributed by atoms with Crippen LogP contribution in [-0.4, -0.2) is 51.7 Å². The van der Waals surface area contributed by atoms with Crippen molar-refractivity contribution >= 4 is 10.0 Å². The summed E-state index contributed by atoms with van der Waals surface area (Å²) in [7, 11) is -0.472. The fourth-order valence-corrected chi connectivity index (χ4v) is 2.92. The molecule has 20 heavy (non-hydrogen) atoms. The largest absolute Gasteiger partial charge is 0.382 e. The summed E-state index contributed by atoms with van der Waals surface area (Å²) in [6, 6.07) is 0. The van der Waals surface area contributed by atoms with Crippen LogP contribution in [0.4, 0.5) is 0 Å². The predicted molar refractivity (Wildman–Crippen MR) is 71.7 cm³/mol. The molecule has 0 radical (unpaired) electrons. The minimum atomic E-state index is -3.73. The molecule has 1 aromatic rings. The van der Waals surface area contributed by atoms with Crippen LogP contribution < -0.4 is 4.89 Å². The zero-order chi connectivity index (χ0) is 15.2. The third kappa shape index (κ3) is 4.53. The third-order valence-corrected chi connectivity index (χ3v) is 4.11. The minimum Gasteiger partial charge on any atom is -0.382 e. The van der Waals surface area contributed by atoms with Gasteiger partial charge in [-0.25, -0.2) is 8.42 Å². The number of methoxy groups -OCH3 is 1. The van der Waals surface area contributed by atoms with E-state index in [-0.39, 0.29) is 18.1 Å². The van der Waals surface area contributed by atoms with E-state index in [4.69, 9.17) is 14.3 Å². The highest BCUT2D eigenvalue weighted by Crippen LogP contribution is 2.17. The van der Waals surface area contributed by atoms with Crippen molar-refractivity contribution in [2.75, 3.05) is 33.5 Å². The molecule has 0 aliphatic rings. The average Bonchev–Trinajstić information content (AvgIpc) is 2.62. The molecule has 0 bridgehead atoms. The number of ether oxygens (including phenoxy) is 2. The number of aryl methyl sites for hydroxylation is 2. The first-order valence-electron chi connectivity index (χ1n) is 6.10. The molecule has 1 N–H and O–H groups in total. The molecule has 1 aromatic heterocycles. The van der Waals surface area contributed by atoms with Crippen molar-refractivity contribution in [3.05, 3.63) is 11.4 Å². The van der Waals surface area contributed by atoms with E-state index in [0.29, 0.717) is 24.6 Å². The number of aromatic nitrogens is 2. The molecule has 8 nitrogen and oxygen atoms in total. The van der Waals surface area contributed by atoms with Crippen LogP contribution in [0, 0.1) is 13.8 Å². The zero-order valence-electron chi connectivity index (χ0n) is 12.2. The molecule has 0 saturated carbocycles. The number of nitrogens with zero attached hydrogens (tertiary/aromatic N) is 2. The molecule has 0 amide bonds. The van der Waals surface area contributed by atoms with Crippen molar-refractivity contribution in [2.24, 2.45) is 7.05 Å². The van der Waals surface area contributed by atoms with E-state index in [0.717, 1.165) is 0 Å². The molecular formula is C11H21N3O5S. The highest BCUT2D eigenvalue weighted by Gasteiger charge is 2.23. The van der Waals surface area contributed by atoms with Gasteiger partial charge in [-0.2, -0.15) is 5.10 Å². The van der Waals surface area contributed by atoms with Crippen LogP contribution in [0.15, 0.2) is 4.90 Å². The highest BCUT2D eigenvalue weighted by atomic mass is 32.2. The minimum absolute atomic E-state index is 0.112. The second-order valence-corrected chi connectivity index (χ2v) is 5.75. The van der Waals surface area contributed by atoms with Gasteiger partial charge < -0.3 is 9.47 Å². The van der Waals surface area contributed by atoms with Gasteiger partial charge in [-0.15, -0.1) is 0 Å². The second-order valence-electron chi connectivity index (χ2n) is 4.16. The number of rotatable bonds is 9. The Kier molecular flexibility index (Phi) is 6.56. The summed E-state index contributed by atoms with van der Waals surface area (Å²) in [5, 5.41) is 4.06. The SMILES string of the molecule is COCCOCCONS(=O)(=O)c1c(C)nn(C)c1C. The highest BCUT2D eigenvalue weighted by molar-refractivity contribution is 7.89. The van der Waals surface area contributed by atoms with Crippen LogP contribution in [0.1, 0.15) is 11.4 Å². The van der Waals surface area contributed by atoms with Crippen molar-refractivity contribution in [3.63, 3.8) is 0 Å². The lowest BCUT2D eigenvalue weighted by Crippen LogP contribution is -2.27. The molecule has 0 unspecified atom stereocenters. The maximum atomic E-state index is 12.1. The lowest BCUT2D eigenvalue weighted by Gasteiger charge is -2.08. The number of hydrogen-bond donors (Lipinski definition) is 1. The number of sulfonamides is 1. The molecule has 0 saturated heterocycles. The van der Waals surface area contributed by atoms with Crippen molar-refractivity contribution in [1.29, 1.82) is 0 Å². The van der Waals surface area contributed by atoms with E-state index in [1.807, 2.05) is 0 Å². The summed E-state index contributed by atoms with van der Waals surface area (Å²) in [5.74, 6) is 0. The fraction of sp³-hybridized carbons (Fsp3) is 0.727. The summed E-state index contributed by atoms with van der Waals surface area (Å²) >= 11 is 0. The van der Waals surface area contributed by atoms with E-state index in [1.165, 1.54) is 4.68 Å². The quantitative estimate of drug-likeness (QED) is 0.506. The van der Waals surface area contributed by atoms with Gasteiger partial charge in [-0.05, 0) is 13.8 Å². The molecule has 116 valence electrons. The third-order valence-electron chi connectivity index (χ3n) is 2.64. The lowest BCUT2D eigenvalue weighted by atomic mass is 10.4. The van der Waals surface area contributed by atoms with Crippen molar-refractivity contribution in [3.8, 4) is 0 Å². The number of hydrogen-bond acceptors (Lipinski definition) is 6. The van der Waals surface area contributed by atoms with Crippen LogP contribution in [0.5, 0.6) is 0 Å². The van der Waals surface area contributed by atoms with E-state index < -0.39 is 10.0 Å². The Morgan fingerprint density at radius 3 is 2.40 bits per heavy atom. The van der Waals surface area contributed by atoms with Crippen LogP contribution in [0.3, 0.4) is 0 Å². The summed E-state index contributed by atoms with van der Waals surface area (Å²) in [6.45, 7) is 4.63. The molecule has 1 heterocycles.